The second kappa shape index (κ2) is 19.7. The van der Waals surface area contributed by atoms with Crippen molar-refractivity contribution in [3.8, 4) is 83.8 Å². The molecule has 0 N–H and O–H groups in total. The Morgan fingerprint density at radius 3 is 1.07 bits per heavy atom. The predicted molar refractivity (Wildman–Crippen MR) is 409 cm³/mol. The summed E-state index contributed by atoms with van der Waals surface area (Å²) < 4.78 is 7.50. The number of hydrogen-bond acceptors (Lipinski definition) is 0. The molecule has 24 rings (SSSR count). The molecular weight excluding hydrogens is 1160 g/mol. The van der Waals surface area contributed by atoms with E-state index in [1.807, 2.05) is 0 Å². The molecule has 0 atom stereocenters. The molecule has 3 nitrogen and oxygen atoms in total. The minimum atomic E-state index is 0.278. The molecule has 0 saturated carbocycles. The molecule has 0 bridgehead atoms. The summed E-state index contributed by atoms with van der Waals surface area (Å²) in [5.74, 6) is 0. The van der Waals surface area contributed by atoms with Crippen LogP contribution >= 0.6 is 0 Å². The topological polar surface area (TPSA) is 14.8 Å². The summed E-state index contributed by atoms with van der Waals surface area (Å²) in [6.07, 6.45) is 0. The van der Waals surface area contributed by atoms with Gasteiger partial charge in [-0.1, -0.05) is 302 Å². The van der Waals surface area contributed by atoms with Gasteiger partial charge in [-0.2, -0.15) is 0 Å². The predicted octanol–water partition coefficient (Wildman–Crippen LogP) is 15.8. The van der Waals surface area contributed by atoms with Crippen LogP contribution in [0.15, 0.2) is 328 Å². The maximum atomic E-state index is 2.50. The van der Waals surface area contributed by atoms with Crippen LogP contribution in [0.25, 0.3) is 149 Å². The van der Waals surface area contributed by atoms with Gasteiger partial charge in [0, 0.05) is 65.9 Å². The zero-order valence-corrected chi connectivity index (χ0v) is 52.3. The van der Waals surface area contributed by atoms with Crippen molar-refractivity contribution in [2.75, 3.05) is 0 Å². The van der Waals surface area contributed by atoms with E-state index in [4.69, 9.17) is 0 Å². The van der Waals surface area contributed by atoms with Crippen molar-refractivity contribution in [2.24, 2.45) is 0 Å². The molecule has 3 aromatic heterocycles. The lowest BCUT2D eigenvalue weighted by Crippen LogP contribution is -2.53. The van der Waals surface area contributed by atoms with Gasteiger partial charge in [0.05, 0.1) is 16.6 Å². The normalized spacial score (nSPS) is 12.9. The molecule has 15 aromatic carbocycles. The molecule has 0 amide bonds. The Kier molecular flexibility index (Phi) is 10.8. The molecule has 0 saturated heterocycles. The molecule has 18 aromatic rings. The van der Waals surface area contributed by atoms with Gasteiger partial charge in [-0.15, -0.1) is 0 Å². The summed E-state index contributed by atoms with van der Waals surface area (Å²) >= 11 is 0. The molecule has 6 aliphatic rings. The Hall–Kier alpha value is -12.1. The summed E-state index contributed by atoms with van der Waals surface area (Å²) in [6.45, 7) is 0.849. The minimum absolute atomic E-state index is 0.278. The first-order chi connectivity index (χ1) is 47.7. The van der Waals surface area contributed by atoms with E-state index in [0.717, 1.165) is 0 Å². The van der Waals surface area contributed by atoms with Gasteiger partial charge >= 0.3 is 0 Å². The maximum absolute atomic E-state index is 2.50. The SMILES string of the molecule is c1ccc(-c2ccc3c(c2)-c2cccc4c2B3c2cccc3c5ccccc5n-4c23)cc1.c1ccc(-c2ccc3c(c2)B2c4c-3cccc4-n3c4ccccc4c4cccc2c43)cc1.c1ccc(-c2cccc3c2-c2cccc4c2B3c2cccc3c5ccccc5n-4c23)cc1. The first-order valence-electron chi connectivity index (χ1n) is 33.8. The average Bonchev–Trinajstić information content (AvgIpc) is 1.54. The Bertz CT molecular complexity index is 6340. The highest BCUT2D eigenvalue weighted by Crippen LogP contribution is 2.43. The summed E-state index contributed by atoms with van der Waals surface area (Å²) in [7, 11) is 0. The Labute approximate surface area is 556 Å². The Morgan fingerprint density at radius 2 is 0.552 bits per heavy atom. The molecule has 0 radical (unpaired) electrons. The molecule has 0 fully saturated rings. The zero-order valence-electron chi connectivity index (χ0n) is 52.3. The highest BCUT2D eigenvalue weighted by molar-refractivity contribution is 7.03. The van der Waals surface area contributed by atoms with Gasteiger partial charge in [0.25, 0.3) is 0 Å². The van der Waals surface area contributed by atoms with E-state index < -0.39 is 0 Å². The van der Waals surface area contributed by atoms with Gasteiger partial charge in [0.1, 0.15) is 0 Å². The molecule has 0 aliphatic carbocycles. The summed E-state index contributed by atoms with van der Waals surface area (Å²) in [6, 6.07) is 121. The van der Waals surface area contributed by atoms with Gasteiger partial charge in [0.2, 0.25) is 20.1 Å². The highest BCUT2D eigenvalue weighted by atomic mass is 15.0. The first kappa shape index (κ1) is 52.4. The van der Waals surface area contributed by atoms with Crippen molar-refractivity contribution in [1.29, 1.82) is 0 Å². The van der Waals surface area contributed by atoms with Crippen LogP contribution in [0, 0.1) is 0 Å². The van der Waals surface area contributed by atoms with Crippen LogP contribution in [-0.2, 0) is 0 Å². The smallest absolute Gasteiger partial charge is 0.248 e. The van der Waals surface area contributed by atoms with Crippen molar-refractivity contribution in [3.05, 3.63) is 328 Å². The van der Waals surface area contributed by atoms with E-state index in [-0.39, 0.29) is 13.4 Å². The first-order valence-corrected chi connectivity index (χ1v) is 33.8. The van der Waals surface area contributed by atoms with E-state index >= 15 is 0 Å². The largest absolute Gasteiger partial charge is 0.310 e. The van der Waals surface area contributed by atoms with Gasteiger partial charge in [-0.3, -0.25) is 0 Å². The lowest BCUT2D eigenvalue weighted by Gasteiger charge is -2.24. The van der Waals surface area contributed by atoms with Crippen LogP contribution in [0.3, 0.4) is 0 Å². The minimum Gasteiger partial charge on any atom is -0.310 e. The maximum Gasteiger partial charge on any atom is 0.248 e. The monoisotopic (exact) mass is 1210 g/mol. The van der Waals surface area contributed by atoms with Crippen LogP contribution in [0.2, 0.25) is 0 Å². The van der Waals surface area contributed by atoms with Gasteiger partial charge < -0.3 is 13.7 Å². The number of aromatic nitrogens is 3. The van der Waals surface area contributed by atoms with Gasteiger partial charge in [-0.25, -0.2) is 0 Å². The molecule has 0 unspecified atom stereocenters. The fourth-order valence-corrected chi connectivity index (χ4v) is 18.5. The van der Waals surface area contributed by atoms with Crippen molar-refractivity contribution >= 4 is 135 Å². The zero-order chi connectivity index (χ0) is 62.4. The number of rotatable bonds is 3. The van der Waals surface area contributed by atoms with Crippen LogP contribution in [0.1, 0.15) is 0 Å². The van der Waals surface area contributed by atoms with Crippen molar-refractivity contribution < 1.29 is 0 Å². The molecule has 6 heteroatoms. The van der Waals surface area contributed by atoms with Gasteiger partial charge in [-0.05, 0) is 142 Å². The van der Waals surface area contributed by atoms with Crippen LogP contribution in [0.4, 0.5) is 0 Å². The molecule has 96 heavy (non-hydrogen) atoms. The van der Waals surface area contributed by atoms with Crippen molar-refractivity contribution in [2.45, 2.75) is 0 Å². The fourth-order valence-electron chi connectivity index (χ4n) is 18.5. The highest BCUT2D eigenvalue weighted by Gasteiger charge is 2.44. The van der Waals surface area contributed by atoms with E-state index in [9.17, 15) is 0 Å². The molecular formula is C90H54B3N3. The molecule has 0 spiro atoms. The van der Waals surface area contributed by atoms with Gasteiger partial charge in [0.15, 0.2) is 0 Å². The number of hydrogen-bond donors (Lipinski definition) is 0. The quantitative estimate of drug-likeness (QED) is 0.157. The van der Waals surface area contributed by atoms with Crippen LogP contribution < -0.4 is 49.2 Å². The lowest BCUT2D eigenvalue weighted by molar-refractivity contribution is 1.19. The second-order valence-electron chi connectivity index (χ2n) is 26.8. The third-order valence-corrected chi connectivity index (χ3v) is 22.2. The Balaban J connectivity index is 0.0000000930. The van der Waals surface area contributed by atoms with Crippen LogP contribution in [0.5, 0.6) is 0 Å². The number of nitrogens with zero attached hydrogens (tertiary/aromatic N) is 3. The number of benzene rings is 15. The molecule has 438 valence electrons. The van der Waals surface area contributed by atoms with E-state index in [0.29, 0.717) is 6.71 Å². The fraction of sp³-hybridized carbons (Fsp3) is 0. The number of fused-ring (bicyclic) bond motifs is 24. The molecule has 9 heterocycles. The summed E-state index contributed by atoms with van der Waals surface area (Å²) in [4.78, 5) is 0. The van der Waals surface area contributed by atoms with E-state index in [1.54, 1.807) is 0 Å². The standard InChI is InChI=1S/3C30H18BN/c1-2-9-19(10-3-1)20-12-6-15-24-28(20)23-14-8-18-27-29(23)31(24)25-16-7-13-22-21-11-4-5-17-26(21)32(27)30(22)25;1-2-8-19(9-3-1)20-16-17-21-23-11-7-15-28-29(23)31(26(21)18-20)25-13-6-12-24-22-10-4-5-14-27(22)32(28)30(24)25;1-2-8-19(9-3-1)20-16-17-25-24(18-20)22-11-7-15-28-29(22)31(25)26-13-6-12-23-21-10-4-5-14-27(21)32(28)30(23)26/h3*1-18H. The second-order valence-corrected chi connectivity index (χ2v) is 26.8. The summed E-state index contributed by atoms with van der Waals surface area (Å²) in [5, 5.41) is 8.05. The molecule has 6 aliphatic heterocycles. The van der Waals surface area contributed by atoms with Crippen molar-refractivity contribution in [1.82, 2.24) is 13.7 Å². The van der Waals surface area contributed by atoms with E-state index in [2.05, 4.69) is 341 Å². The van der Waals surface area contributed by atoms with E-state index in [1.165, 1.54) is 198 Å². The van der Waals surface area contributed by atoms with Crippen LogP contribution in [-0.4, -0.2) is 33.8 Å². The van der Waals surface area contributed by atoms with Crippen molar-refractivity contribution in [3.63, 3.8) is 0 Å². The summed E-state index contributed by atoms with van der Waals surface area (Å²) in [5.41, 5.74) is 40.8. The third-order valence-electron chi connectivity index (χ3n) is 22.2. The Morgan fingerprint density at radius 1 is 0.188 bits per heavy atom. The number of para-hydroxylation sites is 6. The average molecular weight is 1210 g/mol. The third kappa shape index (κ3) is 6.99. The lowest BCUT2D eigenvalue weighted by atomic mass is 9.37.